The first kappa shape index (κ1) is 13.1. The molecule has 0 atom stereocenters. The van der Waals surface area contributed by atoms with E-state index in [1.165, 1.54) is 0 Å². The first-order chi connectivity index (χ1) is 8.83. The molecule has 0 spiro atoms. The Morgan fingerprint density at radius 3 is 2.61 bits per heavy atom. The minimum absolute atomic E-state index is 0.778. The zero-order valence-corrected chi connectivity index (χ0v) is 11.0. The molecule has 1 aliphatic rings. The standard InChI is InChI=1S/C13H22N4O/c1-18-12-3-4-13(15-11-12)17-9-7-16(8-10-17)6-2-5-14/h3-4,11H,2,5-10,14H2,1H3. The van der Waals surface area contributed by atoms with E-state index >= 15 is 0 Å². The maximum Gasteiger partial charge on any atom is 0.137 e. The van der Waals surface area contributed by atoms with Gasteiger partial charge in [-0.15, -0.1) is 0 Å². The van der Waals surface area contributed by atoms with Gasteiger partial charge in [0, 0.05) is 26.2 Å². The van der Waals surface area contributed by atoms with Gasteiger partial charge in [-0.2, -0.15) is 0 Å². The van der Waals surface area contributed by atoms with Crippen LogP contribution in [0.15, 0.2) is 18.3 Å². The van der Waals surface area contributed by atoms with E-state index in [4.69, 9.17) is 10.5 Å². The molecule has 0 radical (unpaired) electrons. The predicted octanol–water partition coefficient (Wildman–Crippen LogP) is 0.561. The van der Waals surface area contributed by atoms with Crippen LogP contribution in [0.25, 0.3) is 0 Å². The van der Waals surface area contributed by atoms with Crippen LogP contribution in [0.1, 0.15) is 6.42 Å². The molecule has 1 saturated heterocycles. The number of nitrogens with zero attached hydrogens (tertiary/aromatic N) is 3. The van der Waals surface area contributed by atoms with Crippen LogP contribution in [0.3, 0.4) is 0 Å². The van der Waals surface area contributed by atoms with Gasteiger partial charge in [0.1, 0.15) is 11.6 Å². The smallest absolute Gasteiger partial charge is 0.137 e. The Kier molecular flexibility index (Phi) is 4.78. The van der Waals surface area contributed by atoms with E-state index in [-0.39, 0.29) is 0 Å². The van der Waals surface area contributed by atoms with E-state index in [0.29, 0.717) is 0 Å². The van der Waals surface area contributed by atoms with Gasteiger partial charge in [-0.1, -0.05) is 0 Å². The van der Waals surface area contributed by atoms with Crippen LogP contribution in [0.5, 0.6) is 5.75 Å². The lowest BCUT2D eigenvalue weighted by atomic mass is 10.3. The minimum atomic E-state index is 0.778. The van der Waals surface area contributed by atoms with Crippen molar-refractivity contribution in [3.8, 4) is 5.75 Å². The molecule has 1 aromatic rings. The molecule has 0 aromatic carbocycles. The fraction of sp³-hybridized carbons (Fsp3) is 0.615. The third-order valence-electron chi connectivity index (χ3n) is 3.33. The third-order valence-corrected chi connectivity index (χ3v) is 3.33. The average Bonchev–Trinajstić information content (AvgIpc) is 2.46. The fourth-order valence-corrected chi connectivity index (χ4v) is 2.20. The highest BCUT2D eigenvalue weighted by molar-refractivity contribution is 5.41. The number of ether oxygens (including phenoxy) is 1. The number of pyridine rings is 1. The van der Waals surface area contributed by atoms with Crippen molar-refractivity contribution in [1.82, 2.24) is 9.88 Å². The number of nitrogens with two attached hydrogens (primary N) is 1. The molecule has 0 amide bonds. The molecule has 0 bridgehead atoms. The highest BCUT2D eigenvalue weighted by atomic mass is 16.5. The second-order valence-electron chi connectivity index (χ2n) is 4.53. The molecule has 5 heteroatoms. The van der Waals surface area contributed by atoms with E-state index in [0.717, 1.165) is 57.3 Å². The first-order valence-corrected chi connectivity index (χ1v) is 6.51. The summed E-state index contributed by atoms with van der Waals surface area (Å²) in [6.07, 6.45) is 2.86. The normalized spacial score (nSPS) is 16.9. The maximum absolute atomic E-state index is 5.53. The zero-order chi connectivity index (χ0) is 12.8. The number of hydrogen-bond donors (Lipinski definition) is 1. The highest BCUT2D eigenvalue weighted by Crippen LogP contribution is 2.17. The van der Waals surface area contributed by atoms with Crippen LogP contribution in [0, 0.1) is 0 Å². The van der Waals surface area contributed by atoms with E-state index in [2.05, 4.69) is 14.8 Å². The van der Waals surface area contributed by atoms with E-state index in [9.17, 15) is 0 Å². The van der Waals surface area contributed by atoms with Gasteiger partial charge in [0.25, 0.3) is 0 Å². The molecule has 2 N–H and O–H groups in total. The Morgan fingerprint density at radius 1 is 1.28 bits per heavy atom. The molecular weight excluding hydrogens is 228 g/mol. The summed E-state index contributed by atoms with van der Waals surface area (Å²) in [7, 11) is 1.66. The Morgan fingerprint density at radius 2 is 2.06 bits per heavy atom. The van der Waals surface area contributed by atoms with Gasteiger partial charge >= 0.3 is 0 Å². The number of rotatable bonds is 5. The van der Waals surface area contributed by atoms with Gasteiger partial charge in [-0.25, -0.2) is 4.98 Å². The maximum atomic E-state index is 5.53. The summed E-state index contributed by atoms with van der Waals surface area (Å²) in [6.45, 7) is 6.13. The van der Waals surface area contributed by atoms with Gasteiger partial charge in [-0.3, -0.25) is 4.90 Å². The summed E-state index contributed by atoms with van der Waals surface area (Å²) in [4.78, 5) is 9.21. The molecule has 1 aromatic heterocycles. The van der Waals surface area contributed by atoms with Crippen molar-refractivity contribution in [2.24, 2.45) is 5.73 Å². The first-order valence-electron chi connectivity index (χ1n) is 6.51. The molecule has 0 aliphatic carbocycles. The lowest BCUT2D eigenvalue weighted by Gasteiger charge is -2.35. The van der Waals surface area contributed by atoms with Crippen LogP contribution in [0.4, 0.5) is 5.82 Å². The molecule has 2 rings (SSSR count). The van der Waals surface area contributed by atoms with Crippen LogP contribution in [-0.4, -0.2) is 56.3 Å². The van der Waals surface area contributed by atoms with Crippen molar-refractivity contribution < 1.29 is 4.74 Å². The van der Waals surface area contributed by atoms with Gasteiger partial charge < -0.3 is 15.4 Å². The third kappa shape index (κ3) is 3.34. The summed E-state index contributed by atoms with van der Waals surface area (Å²) in [5.41, 5.74) is 5.53. The second-order valence-corrected chi connectivity index (χ2v) is 4.53. The molecule has 0 saturated carbocycles. The number of aromatic nitrogens is 1. The summed E-state index contributed by atoms with van der Waals surface area (Å²) >= 11 is 0. The zero-order valence-electron chi connectivity index (χ0n) is 11.0. The van der Waals surface area contributed by atoms with Crippen molar-refractivity contribution in [3.05, 3.63) is 18.3 Å². The number of piperazine rings is 1. The van der Waals surface area contributed by atoms with E-state index < -0.39 is 0 Å². The topological polar surface area (TPSA) is 54.6 Å². The van der Waals surface area contributed by atoms with Crippen molar-refractivity contribution in [3.63, 3.8) is 0 Å². The Bertz CT molecular complexity index is 347. The fourth-order valence-electron chi connectivity index (χ4n) is 2.20. The van der Waals surface area contributed by atoms with E-state index in [1.807, 2.05) is 12.1 Å². The summed E-state index contributed by atoms with van der Waals surface area (Å²) in [5.74, 6) is 1.84. The van der Waals surface area contributed by atoms with Gasteiger partial charge in [0.05, 0.1) is 13.3 Å². The van der Waals surface area contributed by atoms with Gasteiger partial charge in [-0.05, 0) is 31.6 Å². The lowest BCUT2D eigenvalue weighted by molar-refractivity contribution is 0.256. The molecule has 1 fully saturated rings. The van der Waals surface area contributed by atoms with Crippen molar-refractivity contribution >= 4 is 5.82 Å². The largest absolute Gasteiger partial charge is 0.495 e. The second kappa shape index (κ2) is 6.56. The quantitative estimate of drug-likeness (QED) is 0.827. The van der Waals surface area contributed by atoms with Gasteiger partial charge in [0.15, 0.2) is 0 Å². The van der Waals surface area contributed by atoms with Crippen molar-refractivity contribution in [2.75, 3.05) is 51.3 Å². The van der Waals surface area contributed by atoms with Crippen LogP contribution in [0.2, 0.25) is 0 Å². The number of methoxy groups -OCH3 is 1. The Hall–Kier alpha value is -1.33. The molecule has 2 heterocycles. The highest BCUT2D eigenvalue weighted by Gasteiger charge is 2.17. The predicted molar refractivity (Wildman–Crippen MR) is 73.1 cm³/mol. The van der Waals surface area contributed by atoms with Crippen molar-refractivity contribution in [2.45, 2.75) is 6.42 Å². The Balaban J connectivity index is 1.84. The monoisotopic (exact) mass is 250 g/mol. The van der Waals surface area contributed by atoms with Crippen LogP contribution < -0.4 is 15.4 Å². The number of anilines is 1. The molecule has 0 unspecified atom stereocenters. The molecule has 100 valence electrons. The summed E-state index contributed by atoms with van der Waals surface area (Å²) in [6, 6.07) is 3.98. The van der Waals surface area contributed by atoms with Crippen LogP contribution in [-0.2, 0) is 0 Å². The SMILES string of the molecule is COc1ccc(N2CCN(CCCN)CC2)nc1. The van der Waals surface area contributed by atoms with E-state index in [1.54, 1.807) is 13.3 Å². The summed E-state index contributed by atoms with van der Waals surface area (Å²) < 4.78 is 5.12. The number of hydrogen-bond acceptors (Lipinski definition) is 5. The molecule has 5 nitrogen and oxygen atoms in total. The minimum Gasteiger partial charge on any atom is -0.495 e. The average molecular weight is 250 g/mol. The molecule has 18 heavy (non-hydrogen) atoms. The van der Waals surface area contributed by atoms with Gasteiger partial charge in [0.2, 0.25) is 0 Å². The Labute approximate surface area is 109 Å². The van der Waals surface area contributed by atoms with Crippen LogP contribution >= 0.6 is 0 Å². The molecular formula is C13H22N4O. The van der Waals surface area contributed by atoms with Crippen molar-refractivity contribution in [1.29, 1.82) is 0 Å². The lowest BCUT2D eigenvalue weighted by Crippen LogP contribution is -2.47. The summed E-state index contributed by atoms with van der Waals surface area (Å²) in [5, 5.41) is 0. The molecule has 1 aliphatic heterocycles.